The Hall–Kier alpha value is -4.00. The minimum atomic E-state index is -0.123. The van der Waals surface area contributed by atoms with E-state index in [4.69, 9.17) is 9.47 Å². The number of nitrogens with one attached hydrogen (secondary N) is 2. The van der Waals surface area contributed by atoms with Crippen LogP contribution in [0.5, 0.6) is 11.5 Å². The minimum Gasteiger partial charge on any atom is -0.493 e. The van der Waals surface area contributed by atoms with E-state index in [0.29, 0.717) is 18.0 Å². The topological polar surface area (TPSA) is 83.7 Å². The average molecular weight is 486 g/mol. The fourth-order valence-electron chi connectivity index (χ4n) is 4.66. The lowest BCUT2D eigenvalue weighted by Gasteiger charge is -2.22. The van der Waals surface area contributed by atoms with Crippen LogP contribution in [0.2, 0.25) is 0 Å². The number of fused-ring (bicyclic) bond motifs is 3. The van der Waals surface area contributed by atoms with Crippen molar-refractivity contribution in [2.75, 3.05) is 25.6 Å². The SMILES string of the molecule is CCc1cccc2c1[nH]c1cc(NC(=O)CCN(C(=O)COc3ccccc3OC)C3CC3)ccc12. The molecule has 1 heterocycles. The Morgan fingerprint density at radius 3 is 2.58 bits per heavy atom. The summed E-state index contributed by atoms with van der Waals surface area (Å²) in [5.41, 5.74) is 4.15. The predicted molar refractivity (Wildman–Crippen MR) is 142 cm³/mol. The van der Waals surface area contributed by atoms with Gasteiger partial charge in [0.2, 0.25) is 5.91 Å². The van der Waals surface area contributed by atoms with Gasteiger partial charge in [0.25, 0.3) is 5.91 Å². The zero-order valence-corrected chi connectivity index (χ0v) is 20.7. The minimum absolute atomic E-state index is 0.0880. The summed E-state index contributed by atoms with van der Waals surface area (Å²) in [6.07, 6.45) is 3.09. The standard InChI is InChI=1S/C29H31N3O4/c1-3-19-7-6-8-23-22-14-11-20(17-24(22)31-29(19)23)30-27(33)15-16-32(21-12-13-21)28(34)18-36-26-10-5-4-9-25(26)35-2/h4-11,14,17,21,31H,3,12-13,15-16,18H2,1-2H3,(H,30,33). The second kappa shape index (κ2) is 10.3. The van der Waals surface area contributed by atoms with Crippen LogP contribution in [0, 0.1) is 0 Å². The molecular formula is C29H31N3O4. The number of aromatic amines is 1. The Bertz CT molecular complexity index is 1410. The summed E-state index contributed by atoms with van der Waals surface area (Å²) in [7, 11) is 1.57. The molecule has 1 fully saturated rings. The average Bonchev–Trinajstić information content (AvgIpc) is 3.66. The van der Waals surface area contributed by atoms with E-state index in [2.05, 4.69) is 35.4 Å². The summed E-state index contributed by atoms with van der Waals surface area (Å²) < 4.78 is 11.0. The van der Waals surface area contributed by atoms with Gasteiger partial charge in [0.05, 0.1) is 7.11 Å². The van der Waals surface area contributed by atoms with E-state index < -0.39 is 0 Å². The maximum absolute atomic E-state index is 12.9. The van der Waals surface area contributed by atoms with Gasteiger partial charge in [-0.15, -0.1) is 0 Å². The summed E-state index contributed by atoms with van der Waals surface area (Å²) in [4.78, 5) is 30.9. The summed E-state index contributed by atoms with van der Waals surface area (Å²) in [5, 5.41) is 5.32. The first-order chi connectivity index (χ1) is 17.6. The fourth-order valence-corrected chi connectivity index (χ4v) is 4.66. The maximum atomic E-state index is 12.9. The number of aromatic nitrogens is 1. The molecule has 4 aromatic rings. The number of hydrogen-bond acceptors (Lipinski definition) is 4. The molecule has 0 spiro atoms. The molecule has 186 valence electrons. The van der Waals surface area contributed by atoms with Gasteiger partial charge in [-0.05, 0) is 49.1 Å². The van der Waals surface area contributed by atoms with Crippen LogP contribution in [0.25, 0.3) is 21.8 Å². The summed E-state index contributed by atoms with van der Waals surface area (Å²) >= 11 is 0. The zero-order chi connectivity index (χ0) is 25.1. The van der Waals surface area contributed by atoms with Crippen molar-refractivity contribution in [2.45, 2.75) is 38.6 Å². The van der Waals surface area contributed by atoms with E-state index in [1.807, 2.05) is 30.3 Å². The van der Waals surface area contributed by atoms with Gasteiger partial charge in [-0.2, -0.15) is 0 Å². The number of ether oxygens (including phenoxy) is 2. The first kappa shape index (κ1) is 23.7. The molecule has 2 amide bonds. The fraction of sp³-hybridized carbons (Fsp3) is 0.310. The van der Waals surface area contributed by atoms with Gasteiger partial charge in [0.15, 0.2) is 18.1 Å². The first-order valence-corrected chi connectivity index (χ1v) is 12.5. The van der Waals surface area contributed by atoms with E-state index in [-0.39, 0.29) is 30.9 Å². The van der Waals surface area contributed by atoms with E-state index in [9.17, 15) is 9.59 Å². The van der Waals surface area contributed by atoms with Gasteiger partial charge in [-0.25, -0.2) is 0 Å². The molecule has 2 N–H and O–H groups in total. The highest BCUT2D eigenvalue weighted by atomic mass is 16.5. The quantitative estimate of drug-likeness (QED) is 0.320. The third-order valence-corrected chi connectivity index (χ3v) is 6.69. The highest BCUT2D eigenvalue weighted by Crippen LogP contribution is 2.31. The van der Waals surface area contributed by atoms with Crippen molar-refractivity contribution in [1.82, 2.24) is 9.88 Å². The van der Waals surface area contributed by atoms with E-state index in [0.717, 1.165) is 41.4 Å². The number of rotatable bonds is 10. The molecule has 3 aromatic carbocycles. The molecule has 0 saturated heterocycles. The molecule has 1 aliphatic carbocycles. The normalized spacial score (nSPS) is 13.1. The molecule has 0 radical (unpaired) electrons. The molecule has 0 bridgehead atoms. The molecule has 0 unspecified atom stereocenters. The number of nitrogens with zero attached hydrogens (tertiary/aromatic N) is 1. The highest BCUT2D eigenvalue weighted by Gasteiger charge is 2.33. The van der Waals surface area contributed by atoms with Crippen molar-refractivity contribution < 1.29 is 19.1 Å². The molecule has 7 heteroatoms. The lowest BCUT2D eigenvalue weighted by molar-refractivity contribution is -0.134. The van der Waals surface area contributed by atoms with Crippen LogP contribution < -0.4 is 14.8 Å². The molecule has 0 aliphatic heterocycles. The number of anilines is 1. The Kier molecular flexibility index (Phi) is 6.80. The van der Waals surface area contributed by atoms with Crippen LogP contribution in [0.1, 0.15) is 31.7 Å². The zero-order valence-electron chi connectivity index (χ0n) is 20.7. The van der Waals surface area contributed by atoms with Crippen LogP contribution in [-0.4, -0.2) is 48.0 Å². The molecule has 1 saturated carbocycles. The molecule has 36 heavy (non-hydrogen) atoms. The number of carbonyl (C=O) groups is 2. The summed E-state index contributed by atoms with van der Waals surface area (Å²) in [6, 6.07) is 19.7. The molecule has 7 nitrogen and oxygen atoms in total. The monoisotopic (exact) mass is 485 g/mol. The van der Waals surface area contributed by atoms with Crippen molar-refractivity contribution in [3.05, 3.63) is 66.2 Å². The number of amides is 2. The van der Waals surface area contributed by atoms with Crippen LogP contribution in [-0.2, 0) is 16.0 Å². The summed E-state index contributed by atoms with van der Waals surface area (Å²) in [6.45, 7) is 2.42. The van der Waals surface area contributed by atoms with Crippen molar-refractivity contribution in [3.63, 3.8) is 0 Å². The van der Waals surface area contributed by atoms with Crippen molar-refractivity contribution in [1.29, 1.82) is 0 Å². The highest BCUT2D eigenvalue weighted by molar-refractivity contribution is 6.09. The van der Waals surface area contributed by atoms with Crippen molar-refractivity contribution in [3.8, 4) is 11.5 Å². The molecule has 1 aromatic heterocycles. The lowest BCUT2D eigenvalue weighted by Crippen LogP contribution is -2.38. The van der Waals surface area contributed by atoms with Crippen molar-refractivity contribution in [2.24, 2.45) is 0 Å². The second-order valence-electron chi connectivity index (χ2n) is 9.13. The van der Waals surface area contributed by atoms with Gasteiger partial charge in [-0.1, -0.05) is 43.3 Å². The van der Waals surface area contributed by atoms with E-state index in [1.54, 1.807) is 24.1 Å². The molecule has 5 rings (SSSR count). The number of H-pyrrole nitrogens is 1. The first-order valence-electron chi connectivity index (χ1n) is 12.5. The Morgan fingerprint density at radius 1 is 1.03 bits per heavy atom. The van der Waals surface area contributed by atoms with Gasteiger partial charge >= 0.3 is 0 Å². The number of benzene rings is 3. The smallest absolute Gasteiger partial charge is 0.260 e. The van der Waals surface area contributed by atoms with E-state index in [1.165, 1.54) is 10.9 Å². The Labute approximate surface area is 210 Å². The molecular weight excluding hydrogens is 454 g/mol. The van der Waals surface area contributed by atoms with Crippen LogP contribution >= 0.6 is 0 Å². The predicted octanol–water partition coefficient (Wildman–Crippen LogP) is 5.29. The van der Waals surface area contributed by atoms with Crippen LogP contribution in [0.4, 0.5) is 5.69 Å². The summed E-state index contributed by atoms with van der Waals surface area (Å²) in [5.74, 6) is 0.868. The number of methoxy groups -OCH3 is 1. The second-order valence-corrected chi connectivity index (χ2v) is 9.13. The number of aryl methyl sites for hydroxylation is 1. The van der Waals surface area contributed by atoms with Gasteiger partial charge in [0.1, 0.15) is 0 Å². The lowest BCUT2D eigenvalue weighted by atomic mass is 10.1. The number of para-hydroxylation sites is 3. The van der Waals surface area contributed by atoms with E-state index >= 15 is 0 Å². The van der Waals surface area contributed by atoms with Crippen LogP contribution in [0.3, 0.4) is 0 Å². The number of hydrogen-bond donors (Lipinski definition) is 2. The van der Waals surface area contributed by atoms with Gasteiger partial charge in [0, 0.05) is 46.5 Å². The third kappa shape index (κ3) is 5.00. The maximum Gasteiger partial charge on any atom is 0.260 e. The largest absolute Gasteiger partial charge is 0.493 e. The number of carbonyl (C=O) groups excluding carboxylic acids is 2. The van der Waals surface area contributed by atoms with Crippen molar-refractivity contribution >= 4 is 39.3 Å². The van der Waals surface area contributed by atoms with Gasteiger partial charge in [-0.3, -0.25) is 9.59 Å². The Balaban J connectivity index is 1.20. The third-order valence-electron chi connectivity index (χ3n) is 6.69. The molecule has 1 aliphatic rings. The van der Waals surface area contributed by atoms with Crippen LogP contribution in [0.15, 0.2) is 60.7 Å². The Morgan fingerprint density at radius 2 is 1.83 bits per heavy atom. The van der Waals surface area contributed by atoms with Gasteiger partial charge < -0.3 is 24.7 Å². The molecule has 0 atom stereocenters.